The van der Waals surface area contributed by atoms with Crippen LogP contribution < -0.4 is 10.4 Å². The summed E-state index contributed by atoms with van der Waals surface area (Å²) in [6.45, 7) is 4.09. The first-order valence-electron chi connectivity index (χ1n) is 6.41. The molecule has 1 aromatic carbocycles. The molecule has 0 spiro atoms. The SMILES string of the molecule is COc1ccc2cc(C(=O)OCC(C)C)c(=O)oc2c1Br. The Hall–Kier alpha value is -1.82. The number of carbonyl (C=O) groups excluding carboxylic acids is 1. The molecule has 0 aliphatic rings. The van der Waals surface area contributed by atoms with Gasteiger partial charge in [0, 0.05) is 5.39 Å². The summed E-state index contributed by atoms with van der Waals surface area (Å²) in [6, 6.07) is 4.89. The van der Waals surface area contributed by atoms with Gasteiger partial charge in [0.1, 0.15) is 15.8 Å². The lowest BCUT2D eigenvalue weighted by Crippen LogP contribution is -2.18. The van der Waals surface area contributed by atoms with Crippen molar-refractivity contribution < 1.29 is 18.7 Å². The Labute approximate surface area is 130 Å². The molecule has 112 valence electrons. The highest BCUT2D eigenvalue weighted by atomic mass is 79.9. The molecule has 2 aromatic rings. The minimum atomic E-state index is -0.731. The van der Waals surface area contributed by atoms with Gasteiger partial charge < -0.3 is 13.9 Å². The number of fused-ring (bicyclic) bond motifs is 1. The van der Waals surface area contributed by atoms with Gasteiger partial charge in [0.05, 0.1) is 13.7 Å². The van der Waals surface area contributed by atoms with Crippen molar-refractivity contribution in [1.29, 1.82) is 0 Å². The zero-order chi connectivity index (χ0) is 15.6. The lowest BCUT2D eigenvalue weighted by molar-refractivity contribution is 0.0454. The first-order valence-corrected chi connectivity index (χ1v) is 7.20. The minimum Gasteiger partial charge on any atom is -0.495 e. The maximum absolute atomic E-state index is 11.9. The lowest BCUT2D eigenvalue weighted by atomic mass is 10.2. The summed E-state index contributed by atoms with van der Waals surface area (Å²) < 4.78 is 15.9. The van der Waals surface area contributed by atoms with Crippen molar-refractivity contribution in [1.82, 2.24) is 0 Å². The molecule has 0 aliphatic heterocycles. The highest BCUT2D eigenvalue weighted by molar-refractivity contribution is 9.10. The molecular weight excluding hydrogens is 340 g/mol. The summed E-state index contributed by atoms with van der Waals surface area (Å²) >= 11 is 3.31. The van der Waals surface area contributed by atoms with Crippen LogP contribution in [0.5, 0.6) is 5.75 Å². The maximum atomic E-state index is 11.9. The highest BCUT2D eigenvalue weighted by Crippen LogP contribution is 2.32. The van der Waals surface area contributed by atoms with Gasteiger partial charge in [-0.1, -0.05) is 13.8 Å². The van der Waals surface area contributed by atoms with E-state index in [-0.39, 0.29) is 18.1 Å². The molecule has 1 heterocycles. The number of rotatable bonds is 4. The Balaban J connectivity index is 2.46. The predicted molar refractivity (Wildman–Crippen MR) is 81.9 cm³/mol. The third-order valence-electron chi connectivity index (χ3n) is 2.79. The smallest absolute Gasteiger partial charge is 0.351 e. The Kier molecular flexibility index (Phi) is 4.67. The van der Waals surface area contributed by atoms with Crippen LogP contribution in [0, 0.1) is 5.92 Å². The van der Waals surface area contributed by atoms with Crippen molar-refractivity contribution in [3.8, 4) is 5.75 Å². The molecule has 0 atom stereocenters. The van der Waals surface area contributed by atoms with Crippen molar-refractivity contribution in [3.05, 3.63) is 38.7 Å². The van der Waals surface area contributed by atoms with E-state index in [0.717, 1.165) is 0 Å². The number of hydrogen-bond donors (Lipinski definition) is 0. The van der Waals surface area contributed by atoms with Gasteiger partial charge in [-0.15, -0.1) is 0 Å². The molecule has 5 nitrogen and oxygen atoms in total. The molecule has 0 N–H and O–H groups in total. The molecule has 0 unspecified atom stereocenters. The second-order valence-corrected chi connectivity index (χ2v) is 5.73. The van der Waals surface area contributed by atoms with Gasteiger partial charge in [-0.05, 0) is 40.0 Å². The molecule has 2 rings (SSSR count). The summed E-state index contributed by atoms with van der Waals surface area (Å²) in [5.41, 5.74) is -0.509. The van der Waals surface area contributed by atoms with Crippen LogP contribution in [0.15, 0.2) is 31.9 Å². The quantitative estimate of drug-likeness (QED) is 0.621. The first-order chi connectivity index (χ1) is 9.93. The van der Waals surface area contributed by atoms with Crippen LogP contribution in [0.1, 0.15) is 24.2 Å². The third-order valence-corrected chi connectivity index (χ3v) is 3.55. The molecule has 0 saturated carbocycles. The zero-order valence-corrected chi connectivity index (χ0v) is 13.5. The van der Waals surface area contributed by atoms with Gasteiger partial charge in [0.25, 0.3) is 0 Å². The molecule has 0 saturated heterocycles. The summed E-state index contributed by atoms with van der Waals surface area (Å²) in [6.07, 6.45) is 0. The van der Waals surface area contributed by atoms with Crippen molar-refractivity contribution >= 4 is 32.9 Å². The fourth-order valence-corrected chi connectivity index (χ4v) is 2.36. The van der Waals surface area contributed by atoms with Crippen molar-refractivity contribution in [2.45, 2.75) is 13.8 Å². The Morgan fingerprint density at radius 2 is 2.10 bits per heavy atom. The second-order valence-electron chi connectivity index (χ2n) is 4.94. The van der Waals surface area contributed by atoms with Crippen molar-refractivity contribution in [2.24, 2.45) is 5.92 Å². The summed E-state index contributed by atoms with van der Waals surface area (Å²) in [5.74, 6) is 0.0620. The summed E-state index contributed by atoms with van der Waals surface area (Å²) in [5, 5.41) is 0.610. The van der Waals surface area contributed by atoms with Gasteiger partial charge in [-0.2, -0.15) is 0 Å². The second kappa shape index (κ2) is 6.30. The molecule has 0 amide bonds. The highest BCUT2D eigenvalue weighted by Gasteiger charge is 2.17. The number of hydrogen-bond acceptors (Lipinski definition) is 5. The van der Waals surface area contributed by atoms with Crippen LogP contribution in [0.3, 0.4) is 0 Å². The van der Waals surface area contributed by atoms with Crippen LogP contribution in [-0.4, -0.2) is 19.7 Å². The first kappa shape index (κ1) is 15.6. The van der Waals surface area contributed by atoms with E-state index in [2.05, 4.69) is 15.9 Å². The van der Waals surface area contributed by atoms with Crippen LogP contribution in [-0.2, 0) is 4.74 Å². The van der Waals surface area contributed by atoms with Crippen molar-refractivity contribution in [3.63, 3.8) is 0 Å². The average Bonchev–Trinajstić information content (AvgIpc) is 2.45. The van der Waals surface area contributed by atoms with Gasteiger partial charge in [0.15, 0.2) is 5.58 Å². The Bertz CT molecular complexity index is 733. The monoisotopic (exact) mass is 354 g/mol. The van der Waals surface area contributed by atoms with E-state index in [1.54, 1.807) is 12.1 Å². The fraction of sp³-hybridized carbons (Fsp3) is 0.333. The molecule has 1 aromatic heterocycles. The minimum absolute atomic E-state index is 0.111. The number of esters is 1. The molecule has 6 heteroatoms. The van der Waals surface area contributed by atoms with E-state index >= 15 is 0 Å². The standard InChI is InChI=1S/C15H15BrO5/c1-8(2)7-20-14(17)10-6-9-4-5-11(19-3)12(16)13(9)21-15(10)18/h4-6,8H,7H2,1-3H3. The number of benzene rings is 1. The average molecular weight is 355 g/mol. The van der Waals surface area contributed by atoms with Crippen LogP contribution in [0.4, 0.5) is 0 Å². The number of halogens is 1. The van der Waals surface area contributed by atoms with E-state index < -0.39 is 11.6 Å². The zero-order valence-electron chi connectivity index (χ0n) is 11.9. The molecule has 0 bridgehead atoms. The molecule has 0 radical (unpaired) electrons. The fourth-order valence-electron chi connectivity index (χ4n) is 1.75. The van der Waals surface area contributed by atoms with Crippen LogP contribution in [0.25, 0.3) is 11.0 Å². The van der Waals surface area contributed by atoms with Crippen LogP contribution in [0.2, 0.25) is 0 Å². The van der Waals surface area contributed by atoms with E-state index in [0.29, 0.717) is 21.2 Å². The maximum Gasteiger partial charge on any atom is 0.351 e. The molecule has 21 heavy (non-hydrogen) atoms. The Morgan fingerprint density at radius 3 is 2.71 bits per heavy atom. The van der Waals surface area contributed by atoms with Crippen LogP contribution >= 0.6 is 15.9 Å². The molecule has 0 fully saturated rings. The molecular formula is C15H15BrO5. The number of carbonyl (C=O) groups is 1. The van der Waals surface area contributed by atoms with Crippen molar-refractivity contribution in [2.75, 3.05) is 13.7 Å². The summed E-state index contributed by atoms with van der Waals surface area (Å²) in [4.78, 5) is 23.8. The normalized spacial score (nSPS) is 10.9. The van der Waals surface area contributed by atoms with E-state index in [4.69, 9.17) is 13.9 Å². The Morgan fingerprint density at radius 1 is 1.38 bits per heavy atom. The van der Waals surface area contributed by atoms with E-state index in [9.17, 15) is 9.59 Å². The number of ether oxygens (including phenoxy) is 2. The van der Waals surface area contributed by atoms with E-state index in [1.165, 1.54) is 13.2 Å². The van der Waals surface area contributed by atoms with E-state index in [1.807, 2.05) is 13.8 Å². The number of methoxy groups -OCH3 is 1. The summed E-state index contributed by atoms with van der Waals surface area (Å²) in [7, 11) is 1.52. The molecule has 0 aliphatic carbocycles. The lowest BCUT2D eigenvalue weighted by Gasteiger charge is -2.08. The van der Waals surface area contributed by atoms with Gasteiger partial charge in [0.2, 0.25) is 0 Å². The predicted octanol–water partition coefficient (Wildman–Crippen LogP) is 3.38. The van der Waals surface area contributed by atoms with Gasteiger partial charge in [-0.25, -0.2) is 9.59 Å². The van der Waals surface area contributed by atoms with Gasteiger partial charge in [-0.3, -0.25) is 0 Å². The van der Waals surface area contributed by atoms with Gasteiger partial charge >= 0.3 is 11.6 Å². The third kappa shape index (κ3) is 3.26. The largest absolute Gasteiger partial charge is 0.495 e. The topological polar surface area (TPSA) is 65.7 Å².